The first-order chi connectivity index (χ1) is 7.65. The standard InChI is InChI=1S/C12H17NO2S/c1-13(8-9-5-10(14)6-9)12(15)7-11-3-2-4-16-11/h2-4,9-10,14H,5-8H2,1H3. The first kappa shape index (κ1) is 11.6. The minimum Gasteiger partial charge on any atom is -0.393 e. The summed E-state index contributed by atoms with van der Waals surface area (Å²) in [7, 11) is 1.85. The van der Waals surface area contributed by atoms with E-state index in [1.165, 1.54) is 0 Å². The van der Waals surface area contributed by atoms with Gasteiger partial charge in [0.2, 0.25) is 5.91 Å². The molecule has 1 aromatic rings. The maximum atomic E-state index is 11.8. The molecule has 0 aromatic carbocycles. The van der Waals surface area contributed by atoms with Gasteiger partial charge in [0, 0.05) is 18.5 Å². The van der Waals surface area contributed by atoms with Crippen LogP contribution in [0.3, 0.4) is 0 Å². The summed E-state index contributed by atoms with van der Waals surface area (Å²) in [6.45, 7) is 0.779. The Balaban J connectivity index is 1.76. The van der Waals surface area contributed by atoms with Gasteiger partial charge in [-0.1, -0.05) is 6.07 Å². The van der Waals surface area contributed by atoms with E-state index in [-0.39, 0.29) is 12.0 Å². The van der Waals surface area contributed by atoms with E-state index in [0.29, 0.717) is 12.3 Å². The summed E-state index contributed by atoms with van der Waals surface area (Å²) >= 11 is 1.62. The van der Waals surface area contributed by atoms with Crippen LogP contribution >= 0.6 is 11.3 Å². The van der Waals surface area contributed by atoms with E-state index in [4.69, 9.17) is 0 Å². The number of likely N-dealkylation sites (N-methyl/N-ethyl adjacent to an activating group) is 1. The Morgan fingerprint density at radius 3 is 2.94 bits per heavy atom. The second-order valence-electron chi connectivity index (χ2n) is 4.52. The molecule has 1 heterocycles. The molecule has 88 valence electrons. The highest BCUT2D eigenvalue weighted by molar-refractivity contribution is 7.10. The van der Waals surface area contributed by atoms with E-state index in [9.17, 15) is 9.90 Å². The van der Waals surface area contributed by atoms with E-state index < -0.39 is 0 Å². The van der Waals surface area contributed by atoms with Crippen LogP contribution in [-0.4, -0.2) is 35.6 Å². The quantitative estimate of drug-likeness (QED) is 0.865. The van der Waals surface area contributed by atoms with Crippen LogP contribution in [0.5, 0.6) is 0 Å². The second-order valence-corrected chi connectivity index (χ2v) is 5.55. The number of carbonyl (C=O) groups is 1. The Labute approximate surface area is 99.7 Å². The normalized spacial score (nSPS) is 23.9. The maximum absolute atomic E-state index is 11.8. The van der Waals surface area contributed by atoms with Crippen molar-refractivity contribution in [2.45, 2.75) is 25.4 Å². The molecule has 0 spiro atoms. The first-order valence-corrected chi connectivity index (χ1v) is 6.47. The third kappa shape index (κ3) is 2.83. The minimum atomic E-state index is -0.134. The van der Waals surface area contributed by atoms with Crippen LogP contribution in [0.2, 0.25) is 0 Å². The van der Waals surface area contributed by atoms with Crippen molar-refractivity contribution >= 4 is 17.2 Å². The highest BCUT2D eigenvalue weighted by Crippen LogP contribution is 2.27. The van der Waals surface area contributed by atoms with Crippen molar-refractivity contribution in [1.82, 2.24) is 4.90 Å². The Hall–Kier alpha value is -0.870. The minimum absolute atomic E-state index is 0.134. The Morgan fingerprint density at radius 2 is 2.38 bits per heavy atom. The van der Waals surface area contributed by atoms with E-state index in [0.717, 1.165) is 24.3 Å². The summed E-state index contributed by atoms with van der Waals surface area (Å²) < 4.78 is 0. The molecule has 0 aliphatic heterocycles. The second kappa shape index (κ2) is 4.97. The summed E-state index contributed by atoms with van der Waals surface area (Å²) in [5.41, 5.74) is 0. The molecule has 1 fully saturated rings. The molecular formula is C12H17NO2S. The predicted molar refractivity (Wildman–Crippen MR) is 64.4 cm³/mol. The molecule has 3 nitrogen and oxygen atoms in total. The average molecular weight is 239 g/mol. The number of nitrogens with zero attached hydrogens (tertiary/aromatic N) is 1. The fraction of sp³-hybridized carbons (Fsp3) is 0.583. The molecule has 1 N–H and O–H groups in total. The average Bonchev–Trinajstić information content (AvgIpc) is 2.68. The molecule has 1 aliphatic carbocycles. The Bertz CT molecular complexity index is 344. The lowest BCUT2D eigenvalue weighted by molar-refractivity contribution is -0.130. The molecule has 4 heteroatoms. The van der Waals surface area contributed by atoms with Gasteiger partial charge < -0.3 is 10.0 Å². The predicted octanol–water partition coefficient (Wildman–Crippen LogP) is 1.52. The maximum Gasteiger partial charge on any atom is 0.227 e. The number of hydrogen-bond donors (Lipinski definition) is 1. The molecule has 0 saturated heterocycles. The van der Waals surface area contributed by atoms with Crippen LogP contribution in [0.1, 0.15) is 17.7 Å². The fourth-order valence-electron chi connectivity index (χ4n) is 2.04. The van der Waals surface area contributed by atoms with Crippen molar-refractivity contribution in [1.29, 1.82) is 0 Å². The van der Waals surface area contributed by atoms with Gasteiger partial charge >= 0.3 is 0 Å². The number of carbonyl (C=O) groups excluding carboxylic acids is 1. The van der Waals surface area contributed by atoms with Gasteiger partial charge in [-0.05, 0) is 30.2 Å². The van der Waals surface area contributed by atoms with Gasteiger partial charge in [0.15, 0.2) is 0 Å². The Kier molecular flexibility index (Phi) is 3.61. The molecule has 2 rings (SSSR count). The number of aliphatic hydroxyl groups is 1. The van der Waals surface area contributed by atoms with E-state index in [2.05, 4.69) is 0 Å². The highest BCUT2D eigenvalue weighted by atomic mass is 32.1. The monoisotopic (exact) mass is 239 g/mol. The zero-order valence-corrected chi connectivity index (χ0v) is 10.2. The van der Waals surface area contributed by atoms with Crippen LogP contribution in [0.4, 0.5) is 0 Å². The van der Waals surface area contributed by atoms with Crippen molar-refractivity contribution in [2.24, 2.45) is 5.92 Å². The lowest BCUT2D eigenvalue weighted by Gasteiger charge is -2.34. The lowest BCUT2D eigenvalue weighted by atomic mass is 9.82. The topological polar surface area (TPSA) is 40.5 Å². The molecule has 1 aliphatic rings. The molecule has 1 saturated carbocycles. The van der Waals surface area contributed by atoms with Gasteiger partial charge in [0.1, 0.15) is 0 Å². The summed E-state index contributed by atoms with van der Waals surface area (Å²) in [6.07, 6.45) is 2.06. The first-order valence-electron chi connectivity index (χ1n) is 5.59. The van der Waals surface area contributed by atoms with Crippen molar-refractivity contribution in [3.63, 3.8) is 0 Å². The highest BCUT2D eigenvalue weighted by Gasteiger charge is 2.28. The number of amides is 1. The van der Waals surface area contributed by atoms with Gasteiger partial charge in [-0.2, -0.15) is 0 Å². The zero-order chi connectivity index (χ0) is 11.5. The van der Waals surface area contributed by atoms with Crippen LogP contribution in [0.25, 0.3) is 0 Å². The molecule has 1 amide bonds. The van der Waals surface area contributed by atoms with E-state index in [1.54, 1.807) is 16.2 Å². The van der Waals surface area contributed by atoms with Gasteiger partial charge in [0.25, 0.3) is 0 Å². The summed E-state index contributed by atoms with van der Waals surface area (Å²) in [6, 6.07) is 3.96. The number of rotatable bonds is 4. The largest absolute Gasteiger partial charge is 0.393 e. The van der Waals surface area contributed by atoms with E-state index in [1.807, 2.05) is 24.6 Å². The zero-order valence-electron chi connectivity index (χ0n) is 9.43. The summed E-state index contributed by atoms with van der Waals surface area (Å²) in [4.78, 5) is 14.7. The van der Waals surface area contributed by atoms with Crippen molar-refractivity contribution in [2.75, 3.05) is 13.6 Å². The molecule has 16 heavy (non-hydrogen) atoms. The molecule has 0 atom stereocenters. The van der Waals surface area contributed by atoms with Crippen LogP contribution < -0.4 is 0 Å². The molecule has 0 unspecified atom stereocenters. The fourth-order valence-corrected chi connectivity index (χ4v) is 2.73. The van der Waals surface area contributed by atoms with Crippen LogP contribution in [-0.2, 0) is 11.2 Å². The third-order valence-electron chi connectivity index (χ3n) is 3.07. The number of aliphatic hydroxyl groups excluding tert-OH is 1. The van der Waals surface area contributed by atoms with Gasteiger partial charge in [-0.3, -0.25) is 4.79 Å². The molecule has 0 bridgehead atoms. The summed E-state index contributed by atoms with van der Waals surface area (Å²) in [5.74, 6) is 0.663. The number of hydrogen-bond acceptors (Lipinski definition) is 3. The van der Waals surface area contributed by atoms with Gasteiger partial charge in [-0.15, -0.1) is 11.3 Å². The Morgan fingerprint density at radius 1 is 1.62 bits per heavy atom. The molecule has 0 radical (unpaired) electrons. The SMILES string of the molecule is CN(CC1CC(O)C1)C(=O)Cc1cccs1. The van der Waals surface area contributed by atoms with Crippen molar-refractivity contribution < 1.29 is 9.90 Å². The number of thiophene rings is 1. The van der Waals surface area contributed by atoms with Gasteiger partial charge in [0.05, 0.1) is 12.5 Å². The molecule has 1 aromatic heterocycles. The van der Waals surface area contributed by atoms with Crippen LogP contribution in [0.15, 0.2) is 17.5 Å². The summed E-state index contributed by atoms with van der Waals surface area (Å²) in [5, 5.41) is 11.2. The molecular weight excluding hydrogens is 222 g/mol. The third-order valence-corrected chi connectivity index (χ3v) is 3.95. The van der Waals surface area contributed by atoms with Crippen molar-refractivity contribution in [3.05, 3.63) is 22.4 Å². The lowest BCUT2D eigenvalue weighted by Crippen LogP contribution is -2.40. The van der Waals surface area contributed by atoms with Gasteiger partial charge in [-0.25, -0.2) is 0 Å². The van der Waals surface area contributed by atoms with Crippen LogP contribution in [0, 0.1) is 5.92 Å². The smallest absolute Gasteiger partial charge is 0.227 e. The van der Waals surface area contributed by atoms with E-state index >= 15 is 0 Å². The van der Waals surface area contributed by atoms with Crippen molar-refractivity contribution in [3.8, 4) is 0 Å².